The Morgan fingerprint density at radius 2 is 1.37 bits per heavy atom. The molecule has 0 saturated heterocycles. The van der Waals surface area contributed by atoms with Gasteiger partial charge < -0.3 is 9.84 Å². The molecule has 244 valence electrons. The van der Waals surface area contributed by atoms with Gasteiger partial charge in [0.25, 0.3) is 0 Å². The van der Waals surface area contributed by atoms with Crippen LogP contribution in [0.3, 0.4) is 0 Å². The molecule has 0 radical (unpaired) electrons. The smallest absolute Gasteiger partial charge is 0.313 e. The summed E-state index contributed by atoms with van der Waals surface area (Å²) in [4.78, 5) is 28.3. The van der Waals surface area contributed by atoms with Gasteiger partial charge in [-0.25, -0.2) is 0 Å². The average Bonchev–Trinajstić information content (AvgIpc) is 3.02. The molecule has 4 atom stereocenters. The fourth-order valence-electron chi connectivity index (χ4n) is 10.9. The van der Waals surface area contributed by atoms with Crippen LogP contribution in [0, 0.1) is 38.4 Å². The molecule has 4 unspecified atom stereocenters. The third-order valence-electron chi connectivity index (χ3n) is 14.3. The molecule has 2 saturated carbocycles. The Hall–Kier alpha value is -1.84. The van der Waals surface area contributed by atoms with Crippen molar-refractivity contribution < 1.29 is 19.4 Å². The first kappa shape index (κ1) is 35.6. The molecule has 1 aromatic rings. The van der Waals surface area contributed by atoms with Crippen molar-refractivity contribution >= 4 is 11.9 Å². The quantitative estimate of drug-likeness (QED) is 0.171. The molecule has 4 nitrogen and oxygen atoms in total. The van der Waals surface area contributed by atoms with E-state index in [0.717, 1.165) is 95.5 Å². The molecule has 4 heteroatoms. The summed E-state index contributed by atoms with van der Waals surface area (Å²) in [6.45, 7) is 20.6. The molecular weight excluding hydrogens is 532 g/mol. The van der Waals surface area contributed by atoms with Crippen molar-refractivity contribution in [2.24, 2.45) is 38.4 Å². The zero-order chi connectivity index (χ0) is 32.2. The van der Waals surface area contributed by atoms with Crippen LogP contribution in [0.15, 0.2) is 30.3 Å². The SMILES string of the molecule is CCC(CC)C1(CC)CCC1(CC(CC)(CC)C1(CC)CCC1(CC(C)(CC)CC)C(=O)O)C(=O)OCc1ccccc1. The van der Waals surface area contributed by atoms with Crippen molar-refractivity contribution in [2.75, 3.05) is 0 Å². The molecule has 2 fully saturated rings. The minimum atomic E-state index is -0.767. The summed E-state index contributed by atoms with van der Waals surface area (Å²) >= 11 is 0. The molecule has 1 N–H and O–H groups in total. The van der Waals surface area contributed by atoms with Gasteiger partial charge in [-0.3, -0.25) is 9.59 Å². The molecule has 0 heterocycles. The predicted molar refractivity (Wildman–Crippen MR) is 178 cm³/mol. The number of hydrogen-bond donors (Lipinski definition) is 1. The number of esters is 1. The monoisotopic (exact) mass is 596 g/mol. The van der Waals surface area contributed by atoms with E-state index in [9.17, 15) is 14.7 Å². The van der Waals surface area contributed by atoms with Crippen molar-refractivity contribution in [3.05, 3.63) is 35.9 Å². The highest BCUT2D eigenvalue weighted by atomic mass is 16.5. The second-order valence-electron chi connectivity index (χ2n) is 14.8. The molecule has 43 heavy (non-hydrogen) atoms. The van der Waals surface area contributed by atoms with Gasteiger partial charge in [0.2, 0.25) is 0 Å². The van der Waals surface area contributed by atoms with Crippen LogP contribution >= 0.6 is 0 Å². The van der Waals surface area contributed by atoms with Crippen molar-refractivity contribution in [2.45, 2.75) is 159 Å². The average molecular weight is 597 g/mol. The molecule has 0 aromatic heterocycles. The Kier molecular flexibility index (Phi) is 11.3. The first-order valence-corrected chi connectivity index (χ1v) is 17.9. The molecule has 0 bridgehead atoms. The third-order valence-corrected chi connectivity index (χ3v) is 14.3. The van der Waals surface area contributed by atoms with E-state index in [4.69, 9.17) is 4.74 Å². The molecule has 2 aliphatic carbocycles. The van der Waals surface area contributed by atoms with Crippen LogP contribution < -0.4 is 0 Å². The minimum absolute atomic E-state index is 0.0160. The van der Waals surface area contributed by atoms with Gasteiger partial charge in [0, 0.05) is 0 Å². The molecule has 0 aliphatic heterocycles. The van der Waals surface area contributed by atoms with Gasteiger partial charge in [0.15, 0.2) is 0 Å². The second-order valence-corrected chi connectivity index (χ2v) is 14.8. The maximum absolute atomic E-state index is 14.7. The van der Waals surface area contributed by atoms with Crippen LogP contribution in [0.1, 0.15) is 158 Å². The zero-order valence-corrected chi connectivity index (χ0v) is 29.2. The van der Waals surface area contributed by atoms with Crippen molar-refractivity contribution in [1.82, 2.24) is 0 Å². The molecular formula is C39H64O4. The Labute approximate surface area is 264 Å². The van der Waals surface area contributed by atoms with Crippen molar-refractivity contribution in [3.8, 4) is 0 Å². The Morgan fingerprint density at radius 1 is 0.791 bits per heavy atom. The number of carboxylic acid groups (broad SMARTS) is 1. The van der Waals surface area contributed by atoms with Crippen LogP contribution in [0.2, 0.25) is 0 Å². The fraction of sp³-hybridized carbons (Fsp3) is 0.795. The lowest BCUT2D eigenvalue weighted by Gasteiger charge is -2.71. The molecule has 2 aliphatic rings. The summed E-state index contributed by atoms with van der Waals surface area (Å²) in [5, 5.41) is 11.2. The van der Waals surface area contributed by atoms with E-state index in [1.807, 2.05) is 30.3 Å². The Balaban J connectivity index is 2.20. The lowest BCUT2D eigenvalue weighted by Crippen LogP contribution is -2.68. The van der Waals surface area contributed by atoms with Gasteiger partial charge in [0.1, 0.15) is 6.61 Å². The highest BCUT2D eigenvalue weighted by molar-refractivity contribution is 5.80. The first-order valence-electron chi connectivity index (χ1n) is 17.9. The maximum atomic E-state index is 14.7. The van der Waals surface area contributed by atoms with E-state index in [0.29, 0.717) is 12.5 Å². The molecule has 3 rings (SSSR count). The predicted octanol–water partition coefficient (Wildman–Crippen LogP) is 11.0. The summed E-state index contributed by atoms with van der Waals surface area (Å²) in [7, 11) is 0. The first-order chi connectivity index (χ1) is 20.4. The summed E-state index contributed by atoms with van der Waals surface area (Å²) in [6.07, 6.45) is 12.6. The normalized spacial score (nSPS) is 29.2. The van der Waals surface area contributed by atoms with Gasteiger partial charge in [-0.1, -0.05) is 118 Å². The second kappa shape index (κ2) is 13.7. The number of carbonyl (C=O) groups excluding carboxylic acids is 1. The number of benzene rings is 1. The highest BCUT2D eigenvalue weighted by Crippen LogP contribution is 2.77. The van der Waals surface area contributed by atoms with Gasteiger partial charge in [-0.15, -0.1) is 0 Å². The van der Waals surface area contributed by atoms with E-state index in [1.165, 1.54) is 0 Å². The largest absolute Gasteiger partial charge is 0.481 e. The van der Waals surface area contributed by atoms with E-state index < -0.39 is 16.8 Å². The number of ether oxygens (including phenoxy) is 1. The number of rotatable bonds is 18. The lowest BCUT2D eigenvalue weighted by atomic mass is 9.31. The van der Waals surface area contributed by atoms with Gasteiger partial charge in [-0.05, 0) is 97.3 Å². The Bertz CT molecular complexity index is 1060. The van der Waals surface area contributed by atoms with E-state index >= 15 is 0 Å². The molecule has 1 aromatic carbocycles. The van der Waals surface area contributed by atoms with Crippen LogP contribution in [0.5, 0.6) is 0 Å². The highest BCUT2D eigenvalue weighted by Gasteiger charge is 2.74. The van der Waals surface area contributed by atoms with Crippen LogP contribution in [0.4, 0.5) is 0 Å². The number of carbonyl (C=O) groups is 2. The zero-order valence-electron chi connectivity index (χ0n) is 29.2. The molecule has 0 spiro atoms. The van der Waals surface area contributed by atoms with Crippen molar-refractivity contribution in [1.29, 1.82) is 0 Å². The minimum Gasteiger partial charge on any atom is -0.481 e. The number of hydrogen-bond acceptors (Lipinski definition) is 3. The van der Waals surface area contributed by atoms with Crippen LogP contribution in [-0.4, -0.2) is 17.0 Å². The van der Waals surface area contributed by atoms with Crippen LogP contribution in [-0.2, 0) is 20.9 Å². The van der Waals surface area contributed by atoms with E-state index in [2.05, 4.69) is 62.3 Å². The van der Waals surface area contributed by atoms with E-state index in [1.54, 1.807) is 0 Å². The maximum Gasteiger partial charge on any atom is 0.313 e. The molecule has 0 amide bonds. The fourth-order valence-corrected chi connectivity index (χ4v) is 10.9. The summed E-state index contributed by atoms with van der Waals surface area (Å²) < 4.78 is 6.32. The van der Waals surface area contributed by atoms with Crippen LogP contribution in [0.25, 0.3) is 0 Å². The van der Waals surface area contributed by atoms with Gasteiger partial charge in [-0.2, -0.15) is 0 Å². The van der Waals surface area contributed by atoms with E-state index in [-0.39, 0.29) is 27.6 Å². The topological polar surface area (TPSA) is 63.6 Å². The van der Waals surface area contributed by atoms with Gasteiger partial charge in [0.05, 0.1) is 10.8 Å². The summed E-state index contributed by atoms with van der Waals surface area (Å²) in [6, 6.07) is 10.0. The summed E-state index contributed by atoms with van der Waals surface area (Å²) in [5.41, 5.74) is -1.10. The number of aliphatic carboxylic acids is 1. The lowest BCUT2D eigenvalue weighted by molar-refractivity contribution is -0.247. The van der Waals surface area contributed by atoms with Crippen molar-refractivity contribution in [3.63, 3.8) is 0 Å². The standard InChI is InChI=1S/C39H64O4/c1-10-31(11-2)36(16-7)23-24-38(36,33(42)43-27-30-21-19-18-20-22-30)29-35(14-5,15-6)39(17-8)26-25-37(39,32(40)41)28-34(9,12-3)13-4/h18-22,31H,10-17,23-29H2,1-9H3,(H,40,41). The summed E-state index contributed by atoms with van der Waals surface area (Å²) in [5.74, 6) is -0.217. The number of carboxylic acids is 1. The third kappa shape index (κ3) is 5.39. The Morgan fingerprint density at radius 3 is 1.74 bits per heavy atom. The van der Waals surface area contributed by atoms with Gasteiger partial charge >= 0.3 is 11.9 Å².